The molecule has 0 unspecified atom stereocenters. The van der Waals surface area contributed by atoms with E-state index in [1.165, 1.54) is 11.1 Å². The Morgan fingerprint density at radius 3 is 2.67 bits per heavy atom. The molecule has 0 radical (unpaired) electrons. The molecule has 1 fully saturated rings. The van der Waals surface area contributed by atoms with Gasteiger partial charge in [-0.3, -0.25) is 15.1 Å². The summed E-state index contributed by atoms with van der Waals surface area (Å²) in [6, 6.07) is 15.6. The monoisotopic (exact) mass is 357 g/mol. The predicted molar refractivity (Wildman–Crippen MR) is 107 cm³/mol. The number of nitro groups is 1. The number of nitro benzene ring substituents is 1. The van der Waals surface area contributed by atoms with Crippen LogP contribution in [0.25, 0.3) is 17.0 Å². The lowest BCUT2D eigenvalue weighted by molar-refractivity contribution is -0.383. The lowest BCUT2D eigenvalue weighted by Gasteiger charge is -2.40. The number of anilines is 1. The van der Waals surface area contributed by atoms with E-state index in [9.17, 15) is 10.1 Å². The van der Waals surface area contributed by atoms with Crippen LogP contribution in [-0.2, 0) is 5.41 Å². The molecule has 0 amide bonds. The van der Waals surface area contributed by atoms with Crippen molar-refractivity contribution in [2.75, 3.05) is 18.0 Å². The van der Waals surface area contributed by atoms with Crippen molar-refractivity contribution in [3.05, 3.63) is 82.0 Å². The number of rotatable bonds is 2. The smallest absolute Gasteiger partial charge is 0.278 e. The van der Waals surface area contributed by atoms with Gasteiger partial charge >= 0.3 is 0 Å². The number of allylic oxidation sites excluding steroid dienone is 1. The maximum Gasteiger partial charge on any atom is 0.278 e. The average molecular weight is 357 g/mol. The number of fused-ring (bicyclic) bond motifs is 3. The van der Waals surface area contributed by atoms with Gasteiger partial charge < -0.3 is 4.90 Å². The summed E-state index contributed by atoms with van der Waals surface area (Å²) in [6.07, 6.45) is 8.38. The molecule has 5 rings (SSSR count). The van der Waals surface area contributed by atoms with E-state index < -0.39 is 0 Å². The second-order valence-corrected chi connectivity index (χ2v) is 7.32. The van der Waals surface area contributed by atoms with E-state index in [0.717, 1.165) is 31.6 Å². The Kier molecular flexibility index (Phi) is 3.50. The maximum atomic E-state index is 11.3. The topological polar surface area (TPSA) is 59.3 Å². The summed E-state index contributed by atoms with van der Waals surface area (Å²) >= 11 is 0. The molecule has 1 spiro atoms. The molecular weight excluding hydrogens is 338 g/mol. The van der Waals surface area contributed by atoms with Crippen molar-refractivity contribution in [1.29, 1.82) is 0 Å². The lowest BCUT2D eigenvalue weighted by atomic mass is 9.74. The van der Waals surface area contributed by atoms with Gasteiger partial charge in [-0.15, -0.1) is 0 Å². The van der Waals surface area contributed by atoms with E-state index in [1.54, 1.807) is 24.4 Å². The van der Waals surface area contributed by atoms with Crippen molar-refractivity contribution in [3.63, 3.8) is 0 Å². The Balaban J connectivity index is 1.48. The average Bonchev–Trinajstić information content (AvgIpc) is 3.06. The molecule has 5 nitrogen and oxygen atoms in total. The van der Waals surface area contributed by atoms with Crippen molar-refractivity contribution in [1.82, 2.24) is 4.98 Å². The minimum absolute atomic E-state index is 0.114. The van der Waals surface area contributed by atoms with Crippen LogP contribution in [0.3, 0.4) is 0 Å². The summed E-state index contributed by atoms with van der Waals surface area (Å²) in [5.41, 5.74) is 4.69. The molecular formula is C22H19N3O2. The number of hydrogen-bond acceptors (Lipinski definition) is 4. The van der Waals surface area contributed by atoms with Gasteiger partial charge in [0.05, 0.1) is 16.0 Å². The van der Waals surface area contributed by atoms with Gasteiger partial charge in [0.1, 0.15) is 5.52 Å². The van der Waals surface area contributed by atoms with E-state index in [0.29, 0.717) is 10.9 Å². The van der Waals surface area contributed by atoms with Crippen LogP contribution in [0.5, 0.6) is 0 Å². The first-order valence-corrected chi connectivity index (χ1v) is 9.24. The number of piperidine rings is 1. The van der Waals surface area contributed by atoms with Crippen LogP contribution in [-0.4, -0.2) is 23.0 Å². The van der Waals surface area contributed by atoms with Gasteiger partial charge in [0.25, 0.3) is 5.69 Å². The summed E-state index contributed by atoms with van der Waals surface area (Å²) < 4.78 is 0. The highest BCUT2D eigenvalue weighted by Gasteiger charge is 2.38. The van der Waals surface area contributed by atoms with Crippen LogP contribution in [0.2, 0.25) is 0 Å². The molecule has 1 aliphatic carbocycles. The molecule has 2 aromatic carbocycles. The number of aromatic nitrogens is 1. The fraction of sp³-hybridized carbons (Fsp3) is 0.227. The van der Waals surface area contributed by atoms with Crippen LogP contribution in [0.15, 0.2) is 60.8 Å². The van der Waals surface area contributed by atoms with Crippen molar-refractivity contribution in [2.24, 2.45) is 0 Å². The van der Waals surface area contributed by atoms with Crippen LogP contribution in [0.4, 0.5) is 11.4 Å². The fourth-order valence-corrected chi connectivity index (χ4v) is 4.57. The first-order valence-electron chi connectivity index (χ1n) is 9.24. The molecule has 0 saturated carbocycles. The first-order chi connectivity index (χ1) is 13.2. The van der Waals surface area contributed by atoms with E-state index in [4.69, 9.17) is 0 Å². The quantitative estimate of drug-likeness (QED) is 0.492. The second-order valence-electron chi connectivity index (χ2n) is 7.32. The predicted octanol–water partition coefficient (Wildman–Crippen LogP) is 4.71. The van der Waals surface area contributed by atoms with E-state index in [2.05, 4.69) is 46.3 Å². The zero-order valence-corrected chi connectivity index (χ0v) is 14.8. The van der Waals surface area contributed by atoms with Gasteiger partial charge in [0, 0.05) is 30.8 Å². The molecule has 0 atom stereocenters. The molecule has 5 heteroatoms. The van der Waals surface area contributed by atoms with Crippen LogP contribution < -0.4 is 4.90 Å². The summed E-state index contributed by atoms with van der Waals surface area (Å²) in [7, 11) is 0. The minimum Gasteiger partial charge on any atom is -0.370 e. The zero-order valence-electron chi connectivity index (χ0n) is 14.8. The molecule has 3 aromatic rings. The van der Waals surface area contributed by atoms with Gasteiger partial charge in [-0.2, -0.15) is 0 Å². The van der Waals surface area contributed by atoms with Crippen molar-refractivity contribution in [3.8, 4) is 0 Å². The summed E-state index contributed by atoms with van der Waals surface area (Å²) in [6.45, 7) is 1.81. The Bertz CT molecular complexity index is 1080. The maximum absolute atomic E-state index is 11.3. The molecule has 2 aliphatic rings. The number of benzene rings is 2. The minimum atomic E-state index is -0.334. The molecule has 1 aliphatic heterocycles. The number of pyridine rings is 1. The van der Waals surface area contributed by atoms with E-state index in [1.807, 2.05) is 6.07 Å². The van der Waals surface area contributed by atoms with Crippen molar-refractivity contribution in [2.45, 2.75) is 18.3 Å². The molecule has 0 bridgehead atoms. The number of nitrogens with zero attached hydrogens (tertiary/aromatic N) is 3. The van der Waals surface area contributed by atoms with E-state index in [-0.39, 0.29) is 16.0 Å². The third kappa shape index (κ3) is 2.42. The van der Waals surface area contributed by atoms with Gasteiger partial charge in [-0.1, -0.05) is 36.4 Å². The van der Waals surface area contributed by atoms with Gasteiger partial charge in [0.15, 0.2) is 0 Å². The molecule has 2 heterocycles. The summed E-state index contributed by atoms with van der Waals surface area (Å²) in [5, 5.41) is 11.9. The Morgan fingerprint density at radius 1 is 1.04 bits per heavy atom. The third-order valence-corrected chi connectivity index (χ3v) is 6.00. The fourth-order valence-electron chi connectivity index (χ4n) is 4.57. The molecule has 27 heavy (non-hydrogen) atoms. The van der Waals surface area contributed by atoms with Gasteiger partial charge in [-0.05, 0) is 42.2 Å². The summed E-state index contributed by atoms with van der Waals surface area (Å²) in [4.78, 5) is 17.8. The van der Waals surface area contributed by atoms with Gasteiger partial charge in [-0.25, -0.2) is 0 Å². The third-order valence-electron chi connectivity index (χ3n) is 6.00. The van der Waals surface area contributed by atoms with Gasteiger partial charge in [0.2, 0.25) is 0 Å². The summed E-state index contributed by atoms with van der Waals surface area (Å²) in [5.74, 6) is 0. The Labute approximate surface area is 157 Å². The highest BCUT2D eigenvalue weighted by atomic mass is 16.6. The largest absolute Gasteiger partial charge is 0.370 e. The Hall–Kier alpha value is -3.21. The molecule has 1 saturated heterocycles. The Morgan fingerprint density at radius 2 is 1.85 bits per heavy atom. The van der Waals surface area contributed by atoms with Crippen molar-refractivity contribution >= 4 is 28.4 Å². The lowest BCUT2D eigenvalue weighted by Crippen LogP contribution is -2.41. The number of hydrogen-bond donors (Lipinski definition) is 0. The highest BCUT2D eigenvalue weighted by molar-refractivity contribution is 5.97. The zero-order chi connectivity index (χ0) is 18.4. The van der Waals surface area contributed by atoms with Crippen molar-refractivity contribution < 1.29 is 4.92 Å². The first kappa shape index (κ1) is 16.0. The van der Waals surface area contributed by atoms with Crippen LogP contribution in [0.1, 0.15) is 24.0 Å². The van der Waals surface area contributed by atoms with Crippen LogP contribution in [0, 0.1) is 10.1 Å². The second kappa shape index (κ2) is 5.91. The molecule has 0 N–H and O–H groups in total. The highest BCUT2D eigenvalue weighted by Crippen LogP contribution is 2.45. The standard InChI is InChI=1S/C22H19N3O2/c26-25(27)19-7-8-20(21-17(19)5-3-13-23-21)24-14-11-22(12-15-24)10-9-16-4-1-2-6-18(16)22/h1-10,13H,11-12,14-15H2. The van der Waals surface area contributed by atoms with Crippen LogP contribution >= 0.6 is 0 Å². The molecule has 134 valence electrons. The number of non-ortho nitro benzene ring substituents is 1. The normalized spacial score (nSPS) is 17.4. The molecule has 1 aromatic heterocycles. The SMILES string of the molecule is O=[N+]([O-])c1ccc(N2CCC3(C=Cc4ccccc43)CC2)c2ncccc12. The van der Waals surface area contributed by atoms with E-state index >= 15 is 0 Å².